The van der Waals surface area contributed by atoms with Gasteiger partial charge in [-0.05, 0) is 67.9 Å². The van der Waals surface area contributed by atoms with Crippen LogP contribution in [0.2, 0.25) is 0 Å². The lowest BCUT2D eigenvalue weighted by molar-refractivity contribution is 0.627. The number of nitrogen functional groups attached to an aromatic ring is 1. The highest BCUT2D eigenvalue weighted by molar-refractivity contribution is 5.84. The van der Waals surface area contributed by atoms with E-state index in [1.54, 1.807) is 6.20 Å². The van der Waals surface area contributed by atoms with Crippen LogP contribution in [0.4, 0.5) is 5.82 Å². The molecule has 5 aromatic rings. The summed E-state index contributed by atoms with van der Waals surface area (Å²) < 4.78 is 2.06. The smallest absolute Gasteiger partial charge is 0.165 e. The van der Waals surface area contributed by atoms with Gasteiger partial charge in [0.15, 0.2) is 11.5 Å². The van der Waals surface area contributed by atoms with Gasteiger partial charge in [-0.1, -0.05) is 42.5 Å². The highest BCUT2D eigenvalue weighted by Gasteiger charge is 2.18. The van der Waals surface area contributed by atoms with Gasteiger partial charge in [-0.15, -0.1) is 0 Å². The molecular weight excluding hydrogens is 434 g/mol. The zero-order chi connectivity index (χ0) is 24.0. The number of nitrogens with two attached hydrogens (primary N) is 2. The fraction of sp³-hybridized carbons (Fsp3) is 0.179. The molecule has 176 valence electrons. The van der Waals surface area contributed by atoms with E-state index in [2.05, 4.69) is 51.3 Å². The Kier molecular flexibility index (Phi) is 6.79. The van der Waals surface area contributed by atoms with Crippen LogP contribution in [0.25, 0.3) is 39.5 Å². The van der Waals surface area contributed by atoms with Crippen molar-refractivity contribution in [2.24, 2.45) is 5.73 Å². The monoisotopic (exact) mass is 463 g/mol. The number of anilines is 1. The molecule has 0 bridgehead atoms. The van der Waals surface area contributed by atoms with E-state index in [1.165, 1.54) is 5.56 Å². The summed E-state index contributed by atoms with van der Waals surface area (Å²) in [7, 11) is 0. The van der Waals surface area contributed by atoms with Gasteiger partial charge in [0.2, 0.25) is 0 Å². The van der Waals surface area contributed by atoms with E-state index in [0.29, 0.717) is 5.82 Å². The van der Waals surface area contributed by atoms with Gasteiger partial charge in [-0.3, -0.25) is 4.57 Å². The molecule has 0 radical (unpaired) electrons. The highest BCUT2D eigenvalue weighted by atomic mass is 15.1. The standard InChI is InChI=1S/C28H29N7/c29-16-4-5-17-31-19-20-10-12-22(13-11-20)35-27(23-9-6-18-32-26(23)30)34-25-15-14-24(33-28(25)35)21-7-2-1-3-8-21/h1-3,6-15,18,31H,4-5,16-17,19,29H2,(H2,30,32). The average Bonchev–Trinajstić information content (AvgIpc) is 3.28. The lowest BCUT2D eigenvalue weighted by atomic mass is 10.1. The maximum absolute atomic E-state index is 6.26. The SMILES string of the molecule is NCCCCNCc1ccc(-n2c(-c3cccnc3N)nc3ccc(-c4ccccc4)nc32)cc1. The van der Waals surface area contributed by atoms with Crippen molar-refractivity contribution in [3.05, 3.63) is 90.6 Å². The number of pyridine rings is 2. The van der Waals surface area contributed by atoms with E-state index >= 15 is 0 Å². The number of rotatable bonds is 9. The number of unbranched alkanes of at least 4 members (excludes halogenated alkanes) is 1. The number of fused-ring (bicyclic) bond motifs is 1. The van der Waals surface area contributed by atoms with Crippen LogP contribution in [-0.2, 0) is 6.54 Å². The molecule has 0 amide bonds. The number of hydrogen-bond donors (Lipinski definition) is 3. The minimum absolute atomic E-state index is 0.436. The van der Waals surface area contributed by atoms with Gasteiger partial charge in [-0.25, -0.2) is 15.0 Å². The second-order valence-corrected chi connectivity index (χ2v) is 8.45. The number of hydrogen-bond acceptors (Lipinski definition) is 6. The summed E-state index contributed by atoms with van der Waals surface area (Å²) >= 11 is 0. The van der Waals surface area contributed by atoms with Crippen molar-refractivity contribution in [3.63, 3.8) is 0 Å². The number of imidazole rings is 1. The average molecular weight is 464 g/mol. The van der Waals surface area contributed by atoms with Crippen LogP contribution in [0.5, 0.6) is 0 Å². The van der Waals surface area contributed by atoms with Crippen LogP contribution >= 0.6 is 0 Å². The van der Waals surface area contributed by atoms with Crippen LogP contribution < -0.4 is 16.8 Å². The van der Waals surface area contributed by atoms with Crippen molar-refractivity contribution < 1.29 is 0 Å². The maximum Gasteiger partial charge on any atom is 0.165 e. The molecule has 35 heavy (non-hydrogen) atoms. The molecule has 0 atom stereocenters. The molecule has 0 saturated carbocycles. The first-order valence-corrected chi connectivity index (χ1v) is 11.9. The van der Waals surface area contributed by atoms with Gasteiger partial charge >= 0.3 is 0 Å². The Bertz CT molecular complexity index is 1410. The number of nitrogens with zero attached hydrogens (tertiary/aromatic N) is 4. The van der Waals surface area contributed by atoms with Gasteiger partial charge in [0.05, 0.1) is 11.3 Å². The van der Waals surface area contributed by atoms with Crippen LogP contribution in [0, 0.1) is 0 Å². The van der Waals surface area contributed by atoms with E-state index in [0.717, 1.165) is 72.0 Å². The minimum Gasteiger partial charge on any atom is -0.383 e. The van der Waals surface area contributed by atoms with E-state index in [4.69, 9.17) is 21.4 Å². The van der Waals surface area contributed by atoms with Gasteiger partial charge < -0.3 is 16.8 Å². The Labute approximate surface area is 204 Å². The summed E-state index contributed by atoms with van der Waals surface area (Å²) in [4.78, 5) is 14.2. The fourth-order valence-corrected chi connectivity index (χ4v) is 4.15. The molecule has 2 aromatic carbocycles. The third kappa shape index (κ3) is 4.91. The summed E-state index contributed by atoms with van der Waals surface area (Å²) in [6.45, 7) is 2.51. The maximum atomic E-state index is 6.26. The lowest BCUT2D eigenvalue weighted by Crippen LogP contribution is -2.15. The molecule has 0 aliphatic heterocycles. The molecule has 0 unspecified atom stereocenters. The predicted octanol–water partition coefficient (Wildman–Crippen LogP) is 4.56. The summed E-state index contributed by atoms with van der Waals surface area (Å²) in [5, 5.41) is 3.48. The fourth-order valence-electron chi connectivity index (χ4n) is 4.15. The normalized spacial score (nSPS) is 11.2. The number of nitrogens with one attached hydrogen (secondary N) is 1. The van der Waals surface area contributed by atoms with Crippen LogP contribution in [0.15, 0.2) is 85.1 Å². The summed E-state index contributed by atoms with van der Waals surface area (Å²) in [6, 6.07) is 26.5. The molecule has 7 nitrogen and oxygen atoms in total. The third-order valence-electron chi connectivity index (χ3n) is 5.98. The minimum atomic E-state index is 0.436. The van der Waals surface area contributed by atoms with E-state index in [-0.39, 0.29) is 0 Å². The second kappa shape index (κ2) is 10.5. The first-order valence-electron chi connectivity index (χ1n) is 11.9. The Balaban J connectivity index is 1.56. The molecule has 5 rings (SSSR count). The molecule has 3 heterocycles. The Morgan fingerprint density at radius 2 is 1.66 bits per heavy atom. The number of benzene rings is 2. The molecule has 5 N–H and O–H groups in total. The van der Waals surface area contributed by atoms with Gasteiger partial charge in [-0.2, -0.15) is 0 Å². The molecule has 0 aliphatic carbocycles. The van der Waals surface area contributed by atoms with Gasteiger partial charge in [0, 0.05) is 24.0 Å². The Morgan fingerprint density at radius 3 is 2.43 bits per heavy atom. The largest absolute Gasteiger partial charge is 0.383 e. The van der Waals surface area contributed by atoms with Crippen molar-refractivity contribution in [2.45, 2.75) is 19.4 Å². The van der Waals surface area contributed by atoms with Crippen molar-refractivity contribution in [3.8, 4) is 28.3 Å². The Hall–Kier alpha value is -4.07. The van der Waals surface area contributed by atoms with Crippen molar-refractivity contribution >= 4 is 17.0 Å². The lowest BCUT2D eigenvalue weighted by Gasteiger charge is -2.12. The predicted molar refractivity (Wildman–Crippen MR) is 142 cm³/mol. The number of aromatic nitrogens is 4. The molecule has 0 aliphatic rings. The topological polar surface area (TPSA) is 108 Å². The Morgan fingerprint density at radius 1 is 0.829 bits per heavy atom. The van der Waals surface area contributed by atoms with Gasteiger partial charge in [0.25, 0.3) is 0 Å². The van der Waals surface area contributed by atoms with Crippen LogP contribution in [0.1, 0.15) is 18.4 Å². The van der Waals surface area contributed by atoms with Crippen molar-refractivity contribution in [2.75, 3.05) is 18.8 Å². The molecule has 0 spiro atoms. The molecule has 7 heteroatoms. The zero-order valence-electron chi connectivity index (χ0n) is 19.6. The van der Waals surface area contributed by atoms with Crippen LogP contribution in [0.3, 0.4) is 0 Å². The van der Waals surface area contributed by atoms with E-state index < -0.39 is 0 Å². The van der Waals surface area contributed by atoms with E-state index in [9.17, 15) is 0 Å². The van der Waals surface area contributed by atoms with E-state index in [1.807, 2.05) is 42.5 Å². The summed E-state index contributed by atoms with van der Waals surface area (Å²) in [5.41, 5.74) is 18.3. The zero-order valence-corrected chi connectivity index (χ0v) is 19.6. The van der Waals surface area contributed by atoms with Crippen molar-refractivity contribution in [1.29, 1.82) is 0 Å². The molecular formula is C28H29N7. The summed E-state index contributed by atoms with van der Waals surface area (Å²) in [6.07, 6.45) is 3.81. The first kappa shape index (κ1) is 22.7. The molecule has 0 saturated heterocycles. The van der Waals surface area contributed by atoms with Crippen molar-refractivity contribution in [1.82, 2.24) is 24.8 Å². The summed E-state index contributed by atoms with van der Waals surface area (Å²) in [5.74, 6) is 1.15. The first-order chi connectivity index (χ1) is 17.2. The highest BCUT2D eigenvalue weighted by Crippen LogP contribution is 2.31. The quantitative estimate of drug-likeness (QED) is 0.277. The molecule has 0 fully saturated rings. The van der Waals surface area contributed by atoms with Crippen LogP contribution in [-0.4, -0.2) is 32.6 Å². The second-order valence-electron chi connectivity index (χ2n) is 8.45. The van der Waals surface area contributed by atoms with Gasteiger partial charge in [0.1, 0.15) is 11.3 Å². The molecule has 3 aromatic heterocycles. The third-order valence-corrected chi connectivity index (χ3v) is 5.98.